The number of halogens is 4. The van der Waals surface area contributed by atoms with Crippen molar-refractivity contribution < 1.29 is 32.0 Å². The van der Waals surface area contributed by atoms with Gasteiger partial charge >= 0.3 is 18.3 Å². The summed E-state index contributed by atoms with van der Waals surface area (Å²) in [6.45, 7) is -1.88. The van der Waals surface area contributed by atoms with Gasteiger partial charge < -0.3 is 14.8 Å². The van der Waals surface area contributed by atoms with E-state index in [1.165, 1.54) is 0 Å². The lowest BCUT2D eigenvalue weighted by atomic mass is 10.2. The van der Waals surface area contributed by atoms with Crippen molar-refractivity contribution in [3.05, 3.63) is 29.3 Å². The van der Waals surface area contributed by atoms with Gasteiger partial charge in [-0.25, -0.2) is 4.79 Å². The second-order valence-corrected chi connectivity index (χ2v) is 4.74. The number of nitrogens with zero attached hydrogens (tertiary/aromatic N) is 2. The van der Waals surface area contributed by atoms with E-state index in [1.54, 1.807) is 24.3 Å². The van der Waals surface area contributed by atoms with E-state index < -0.39 is 18.9 Å². The first-order chi connectivity index (χ1) is 11.3. The molecule has 1 N–H and O–H groups in total. The predicted molar refractivity (Wildman–Crippen MR) is 75.6 cm³/mol. The zero-order chi connectivity index (χ0) is 17.6. The van der Waals surface area contributed by atoms with Crippen molar-refractivity contribution in [2.45, 2.75) is 6.18 Å². The number of amides is 1. The van der Waals surface area contributed by atoms with E-state index in [9.17, 15) is 18.0 Å². The second kappa shape index (κ2) is 7.86. The van der Waals surface area contributed by atoms with Crippen molar-refractivity contribution in [1.82, 2.24) is 15.5 Å². The fourth-order valence-corrected chi connectivity index (χ4v) is 1.73. The van der Waals surface area contributed by atoms with Crippen molar-refractivity contribution >= 4 is 17.7 Å². The molecule has 0 unspecified atom stereocenters. The maximum atomic E-state index is 11.8. The summed E-state index contributed by atoms with van der Waals surface area (Å²) >= 11 is 5.99. The number of hydrogen-bond donors (Lipinski definition) is 1. The van der Waals surface area contributed by atoms with Crippen LogP contribution in [0.25, 0.3) is 11.4 Å². The molecule has 0 fully saturated rings. The predicted octanol–water partition coefficient (Wildman–Crippen LogP) is 3.06. The van der Waals surface area contributed by atoms with Gasteiger partial charge in [0.2, 0.25) is 5.82 Å². The molecule has 0 aliphatic carbocycles. The van der Waals surface area contributed by atoms with Gasteiger partial charge in [0, 0.05) is 5.56 Å². The van der Waals surface area contributed by atoms with Crippen LogP contribution in [0.15, 0.2) is 28.8 Å². The van der Waals surface area contributed by atoms with Gasteiger partial charge in [0.15, 0.2) is 6.61 Å². The highest BCUT2D eigenvalue weighted by Crippen LogP contribution is 2.26. The Kier molecular flexibility index (Phi) is 5.85. The Morgan fingerprint density at radius 3 is 2.79 bits per heavy atom. The first-order valence-corrected chi connectivity index (χ1v) is 6.92. The molecule has 0 aliphatic heterocycles. The third kappa shape index (κ3) is 5.61. The summed E-state index contributed by atoms with van der Waals surface area (Å²) in [7, 11) is 0. The molecule has 11 heteroatoms. The second-order valence-electron chi connectivity index (χ2n) is 4.33. The molecule has 0 atom stereocenters. The first kappa shape index (κ1) is 17.9. The lowest BCUT2D eigenvalue weighted by Crippen LogP contribution is -2.31. The summed E-state index contributed by atoms with van der Waals surface area (Å²) in [5.74, 6) is 0.216. The van der Waals surface area contributed by atoms with Gasteiger partial charge in [-0.2, -0.15) is 18.2 Å². The number of carbonyl (C=O) groups is 1. The maximum absolute atomic E-state index is 11.8. The highest BCUT2D eigenvalue weighted by atomic mass is 35.5. The van der Waals surface area contributed by atoms with Crippen molar-refractivity contribution in [3.63, 3.8) is 0 Å². The van der Waals surface area contributed by atoms with Crippen LogP contribution < -0.4 is 10.1 Å². The third-order valence-electron chi connectivity index (χ3n) is 2.49. The zero-order valence-corrected chi connectivity index (χ0v) is 12.7. The number of carbonyl (C=O) groups excluding carboxylic acids is 1. The summed E-state index contributed by atoms with van der Waals surface area (Å²) in [6.07, 6.45) is -5.96. The minimum atomic E-state index is -4.58. The summed E-state index contributed by atoms with van der Waals surface area (Å²) in [5.41, 5.74) is 0.548. The van der Waals surface area contributed by atoms with Crippen LogP contribution in [0, 0.1) is 0 Å². The van der Waals surface area contributed by atoms with E-state index in [1.807, 2.05) is 0 Å². The molecule has 0 bridgehead atoms. The van der Waals surface area contributed by atoms with Crippen molar-refractivity contribution in [2.75, 3.05) is 19.8 Å². The molecule has 130 valence electrons. The Balaban J connectivity index is 1.74. The lowest BCUT2D eigenvalue weighted by molar-refractivity contribution is -0.160. The molecular weight excluding hydrogens is 355 g/mol. The SMILES string of the molecule is O=C(NCCOc1nc(-c2ccccc2Cl)no1)OCC(F)(F)F. The van der Waals surface area contributed by atoms with Gasteiger partial charge in [0.05, 0.1) is 11.6 Å². The van der Waals surface area contributed by atoms with Gasteiger partial charge in [0.1, 0.15) is 6.61 Å². The Morgan fingerprint density at radius 2 is 2.08 bits per heavy atom. The fourth-order valence-electron chi connectivity index (χ4n) is 1.51. The monoisotopic (exact) mass is 365 g/mol. The van der Waals surface area contributed by atoms with Gasteiger partial charge in [-0.3, -0.25) is 4.52 Å². The minimum Gasteiger partial charge on any atom is -0.447 e. The van der Waals surface area contributed by atoms with Gasteiger partial charge in [0.25, 0.3) is 0 Å². The Morgan fingerprint density at radius 1 is 1.33 bits per heavy atom. The van der Waals surface area contributed by atoms with Crippen LogP contribution >= 0.6 is 11.6 Å². The Bertz CT molecular complexity index is 693. The topological polar surface area (TPSA) is 86.5 Å². The van der Waals surface area contributed by atoms with E-state index in [0.29, 0.717) is 10.6 Å². The van der Waals surface area contributed by atoms with Crippen LogP contribution in [0.2, 0.25) is 5.02 Å². The Labute approximate surface area is 138 Å². The lowest BCUT2D eigenvalue weighted by Gasteiger charge is -2.08. The number of hydrogen-bond acceptors (Lipinski definition) is 6. The third-order valence-corrected chi connectivity index (χ3v) is 2.82. The number of benzene rings is 1. The van der Waals surface area contributed by atoms with E-state index >= 15 is 0 Å². The van der Waals surface area contributed by atoms with Crippen LogP contribution in [0.1, 0.15) is 0 Å². The van der Waals surface area contributed by atoms with Gasteiger partial charge in [-0.15, -0.1) is 0 Å². The molecule has 7 nitrogen and oxygen atoms in total. The van der Waals surface area contributed by atoms with E-state index in [-0.39, 0.29) is 25.1 Å². The standard InChI is InChI=1S/C13H11ClF3N3O4/c14-9-4-2-1-3-8(9)10-19-12(24-20-10)22-6-5-18-11(21)23-7-13(15,16)17/h1-4H,5-7H2,(H,18,21). The maximum Gasteiger partial charge on any atom is 0.422 e. The van der Waals surface area contributed by atoms with Crippen LogP contribution in [0.4, 0.5) is 18.0 Å². The Hall–Kier alpha value is -2.49. The molecule has 0 aliphatic rings. The molecule has 1 aromatic heterocycles. The van der Waals surface area contributed by atoms with Crippen LogP contribution in [0.3, 0.4) is 0 Å². The normalized spacial score (nSPS) is 11.2. The van der Waals surface area contributed by atoms with E-state index in [0.717, 1.165) is 0 Å². The molecule has 1 amide bonds. The molecule has 0 saturated carbocycles. The summed E-state index contributed by atoms with van der Waals surface area (Å²) in [5, 5.41) is 6.19. The van der Waals surface area contributed by atoms with E-state index in [2.05, 4.69) is 20.2 Å². The summed E-state index contributed by atoms with van der Waals surface area (Å²) in [4.78, 5) is 14.9. The van der Waals surface area contributed by atoms with Crippen molar-refractivity contribution in [2.24, 2.45) is 0 Å². The van der Waals surface area contributed by atoms with Crippen molar-refractivity contribution in [3.8, 4) is 17.5 Å². The first-order valence-electron chi connectivity index (χ1n) is 6.54. The number of nitrogens with one attached hydrogen (secondary N) is 1. The molecule has 2 rings (SSSR count). The van der Waals surface area contributed by atoms with Crippen molar-refractivity contribution in [1.29, 1.82) is 0 Å². The molecule has 0 saturated heterocycles. The summed E-state index contributed by atoms with van der Waals surface area (Å²) in [6, 6.07) is 6.83. The number of alkyl halides is 3. The van der Waals surface area contributed by atoms with Crippen LogP contribution in [-0.2, 0) is 4.74 Å². The van der Waals surface area contributed by atoms with Crippen LogP contribution in [-0.4, -0.2) is 42.2 Å². The molecule has 0 radical (unpaired) electrons. The highest BCUT2D eigenvalue weighted by Gasteiger charge is 2.29. The number of alkyl carbamates (subject to hydrolysis) is 1. The number of aromatic nitrogens is 2. The quantitative estimate of drug-likeness (QED) is 0.792. The van der Waals surface area contributed by atoms with Crippen LogP contribution in [0.5, 0.6) is 6.08 Å². The molecule has 0 spiro atoms. The molecule has 24 heavy (non-hydrogen) atoms. The number of rotatable bonds is 6. The zero-order valence-electron chi connectivity index (χ0n) is 12.0. The van der Waals surface area contributed by atoms with E-state index in [4.69, 9.17) is 20.9 Å². The number of ether oxygens (including phenoxy) is 2. The highest BCUT2D eigenvalue weighted by molar-refractivity contribution is 6.33. The minimum absolute atomic E-state index is 0.106. The molecule has 1 aromatic carbocycles. The van der Waals surface area contributed by atoms with Gasteiger partial charge in [-0.05, 0) is 12.1 Å². The largest absolute Gasteiger partial charge is 0.447 e. The average molecular weight is 366 g/mol. The summed E-state index contributed by atoms with van der Waals surface area (Å²) < 4.78 is 49.3. The fraction of sp³-hybridized carbons (Fsp3) is 0.308. The molecule has 2 aromatic rings. The van der Waals surface area contributed by atoms with Gasteiger partial charge in [-0.1, -0.05) is 28.9 Å². The molecule has 1 heterocycles. The average Bonchev–Trinajstić information content (AvgIpc) is 2.98. The smallest absolute Gasteiger partial charge is 0.422 e. The molecular formula is C13H11ClF3N3O4.